The Morgan fingerprint density at radius 1 is 1.03 bits per heavy atom. The topological polar surface area (TPSA) is 87.7 Å². The summed E-state index contributed by atoms with van der Waals surface area (Å²) in [4.78, 5) is 39.4. The number of carbonyl (C=O) groups is 3. The number of amides is 3. The van der Waals surface area contributed by atoms with Crippen LogP contribution in [-0.4, -0.2) is 55.0 Å². The maximum Gasteiger partial charge on any atom is 0.244 e. The Morgan fingerprint density at radius 2 is 1.82 bits per heavy atom. The minimum absolute atomic E-state index is 0.0516. The number of hydrogen-bond acceptors (Lipinski definition) is 4. The van der Waals surface area contributed by atoms with Crippen LogP contribution < -0.4 is 10.6 Å². The van der Waals surface area contributed by atoms with Gasteiger partial charge in [-0.05, 0) is 49.4 Å². The first-order chi connectivity index (χ1) is 15.9. The molecule has 7 nitrogen and oxygen atoms in total. The molecule has 33 heavy (non-hydrogen) atoms. The van der Waals surface area contributed by atoms with Gasteiger partial charge in [-0.15, -0.1) is 0 Å². The molecule has 0 radical (unpaired) electrons. The van der Waals surface area contributed by atoms with E-state index in [1.54, 1.807) is 4.90 Å². The van der Waals surface area contributed by atoms with Crippen LogP contribution in [0.1, 0.15) is 36.0 Å². The van der Waals surface area contributed by atoms with Gasteiger partial charge in [0.05, 0.1) is 19.1 Å². The van der Waals surface area contributed by atoms with E-state index in [2.05, 4.69) is 10.6 Å². The van der Waals surface area contributed by atoms with Gasteiger partial charge in [-0.1, -0.05) is 42.5 Å². The van der Waals surface area contributed by atoms with Gasteiger partial charge in [-0.3, -0.25) is 14.4 Å². The molecule has 7 heteroatoms. The molecule has 1 unspecified atom stereocenters. The fraction of sp³-hybridized carbons (Fsp3) is 0.423. The zero-order valence-electron chi connectivity index (χ0n) is 19.4. The van der Waals surface area contributed by atoms with E-state index in [1.165, 1.54) is 0 Å². The molecule has 0 aromatic heterocycles. The lowest BCUT2D eigenvalue weighted by Crippen LogP contribution is -2.43. The third-order valence-electron chi connectivity index (χ3n) is 5.88. The highest BCUT2D eigenvalue weighted by Crippen LogP contribution is 2.18. The molecule has 0 spiro atoms. The number of hydrogen-bond donors (Lipinski definition) is 2. The Bertz CT molecular complexity index is 955. The Balaban J connectivity index is 1.53. The van der Waals surface area contributed by atoms with Gasteiger partial charge in [-0.2, -0.15) is 0 Å². The van der Waals surface area contributed by atoms with Crippen molar-refractivity contribution in [2.45, 2.75) is 45.6 Å². The number of rotatable bonds is 10. The average molecular weight is 452 g/mol. The third kappa shape index (κ3) is 7.71. The van der Waals surface area contributed by atoms with Crippen molar-refractivity contribution in [3.05, 3.63) is 65.2 Å². The highest BCUT2D eigenvalue weighted by Gasteiger charge is 2.24. The van der Waals surface area contributed by atoms with Crippen molar-refractivity contribution in [3.63, 3.8) is 0 Å². The molecule has 0 aliphatic carbocycles. The van der Waals surface area contributed by atoms with Crippen LogP contribution in [0.2, 0.25) is 0 Å². The number of ether oxygens (including phenoxy) is 1. The van der Waals surface area contributed by atoms with Crippen LogP contribution in [-0.2, 0) is 25.5 Å². The summed E-state index contributed by atoms with van der Waals surface area (Å²) in [5.41, 5.74) is 3.76. The van der Waals surface area contributed by atoms with Gasteiger partial charge in [0.2, 0.25) is 17.7 Å². The molecular weight excluding hydrogens is 418 g/mol. The van der Waals surface area contributed by atoms with Crippen molar-refractivity contribution in [2.24, 2.45) is 0 Å². The largest absolute Gasteiger partial charge is 0.376 e. The Hall–Kier alpha value is -3.19. The van der Waals surface area contributed by atoms with Crippen molar-refractivity contribution in [3.8, 4) is 0 Å². The van der Waals surface area contributed by atoms with E-state index < -0.39 is 0 Å². The second-order valence-corrected chi connectivity index (χ2v) is 8.47. The molecule has 3 amide bonds. The predicted molar refractivity (Wildman–Crippen MR) is 128 cm³/mol. The van der Waals surface area contributed by atoms with E-state index in [-0.39, 0.29) is 49.8 Å². The van der Waals surface area contributed by atoms with Crippen LogP contribution in [0.3, 0.4) is 0 Å². The van der Waals surface area contributed by atoms with Gasteiger partial charge in [-0.25, -0.2) is 0 Å². The van der Waals surface area contributed by atoms with Crippen LogP contribution in [0.4, 0.5) is 5.69 Å². The Kier molecular flexibility index (Phi) is 9.01. The fourth-order valence-corrected chi connectivity index (χ4v) is 3.85. The molecule has 2 N–H and O–H groups in total. The monoisotopic (exact) mass is 451 g/mol. The molecule has 176 valence electrons. The molecule has 2 aromatic rings. The van der Waals surface area contributed by atoms with Crippen LogP contribution in [0, 0.1) is 13.8 Å². The van der Waals surface area contributed by atoms with Crippen molar-refractivity contribution >= 4 is 23.4 Å². The van der Waals surface area contributed by atoms with Gasteiger partial charge in [0.25, 0.3) is 0 Å². The third-order valence-corrected chi connectivity index (χ3v) is 5.88. The van der Waals surface area contributed by atoms with Crippen LogP contribution >= 0.6 is 0 Å². The van der Waals surface area contributed by atoms with Crippen LogP contribution in [0.5, 0.6) is 0 Å². The predicted octanol–water partition coefficient (Wildman–Crippen LogP) is 3.00. The highest BCUT2D eigenvalue weighted by atomic mass is 16.5. The highest BCUT2D eigenvalue weighted by molar-refractivity contribution is 5.95. The standard InChI is InChI=1S/C26H33N3O4/c1-19-8-6-12-23(20(19)2)28-25(31)18-29(17-22-11-7-15-33-22)26(32)13-14-27-24(30)16-21-9-4-3-5-10-21/h3-6,8-10,12,22H,7,11,13-18H2,1-2H3,(H,27,30)(H,28,31). The molecular formula is C26H33N3O4. The number of nitrogens with zero attached hydrogens (tertiary/aromatic N) is 1. The number of nitrogens with one attached hydrogen (secondary N) is 2. The maximum absolute atomic E-state index is 12.9. The summed E-state index contributed by atoms with van der Waals surface area (Å²) < 4.78 is 5.68. The average Bonchev–Trinajstić information content (AvgIpc) is 3.30. The summed E-state index contributed by atoms with van der Waals surface area (Å²) in [5, 5.41) is 5.72. The van der Waals surface area contributed by atoms with Crippen LogP contribution in [0.15, 0.2) is 48.5 Å². The molecule has 1 atom stereocenters. The number of carbonyl (C=O) groups excluding carboxylic acids is 3. The lowest BCUT2D eigenvalue weighted by atomic mass is 10.1. The zero-order valence-corrected chi connectivity index (χ0v) is 19.4. The van der Waals surface area contributed by atoms with Gasteiger partial charge >= 0.3 is 0 Å². The van der Waals surface area contributed by atoms with Gasteiger partial charge in [0.15, 0.2) is 0 Å². The molecule has 0 saturated carbocycles. The first-order valence-corrected chi connectivity index (χ1v) is 11.5. The molecule has 1 aliphatic rings. The quantitative estimate of drug-likeness (QED) is 0.581. The van der Waals surface area contributed by atoms with Crippen molar-refractivity contribution in [1.29, 1.82) is 0 Å². The fourth-order valence-electron chi connectivity index (χ4n) is 3.85. The molecule has 1 heterocycles. The SMILES string of the molecule is Cc1cccc(NC(=O)CN(CC2CCCO2)C(=O)CCNC(=O)Cc2ccccc2)c1C. The Morgan fingerprint density at radius 3 is 2.55 bits per heavy atom. The van der Waals surface area contributed by atoms with Gasteiger partial charge < -0.3 is 20.3 Å². The maximum atomic E-state index is 12.9. The van der Waals surface area contributed by atoms with Gasteiger partial charge in [0, 0.05) is 31.8 Å². The van der Waals surface area contributed by atoms with Gasteiger partial charge in [0.1, 0.15) is 0 Å². The summed E-state index contributed by atoms with van der Waals surface area (Å²) in [6.45, 7) is 5.17. The first-order valence-electron chi connectivity index (χ1n) is 11.5. The first kappa shape index (κ1) is 24.5. The van der Waals surface area contributed by atoms with E-state index >= 15 is 0 Å². The van der Waals surface area contributed by atoms with E-state index in [4.69, 9.17) is 4.74 Å². The number of anilines is 1. The summed E-state index contributed by atoms with van der Waals surface area (Å²) in [6.07, 6.45) is 2.17. The Labute approximate surface area is 195 Å². The molecule has 1 fully saturated rings. The van der Waals surface area contributed by atoms with Crippen molar-refractivity contribution in [1.82, 2.24) is 10.2 Å². The second kappa shape index (κ2) is 12.2. The minimum atomic E-state index is -0.247. The molecule has 0 bridgehead atoms. The van der Waals surface area contributed by atoms with Crippen molar-refractivity contribution in [2.75, 3.05) is 31.6 Å². The summed E-state index contributed by atoms with van der Waals surface area (Å²) in [5.74, 6) is -0.558. The number of benzene rings is 2. The molecule has 3 rings (SSSR count). The second-order valence-electron chi connectivity index (χ2n) is 8.47. The summed E-state index contributed by atoms with van der Waals surface area (Å²) in [7, 11) is 0. The minimum Gasteiger partial charge on any atom is -0.376 e. The van der Waals surface area contributed by atoms with E-state index in [0.29, 0.717) is 13.2 Å². The van der Waals surface area contributed by atoms with E-state index in [0.717, 1.165) is 35.2 Å². The van der Waals surface area contributed by atoms with Crippen molar-refractivity contribution < 1.29 is 19.1 Å². The normalized spacial score (nSPS) is 15.2. The molecule has 1 aliphatic heterocycles. The summed E-state index contributed by atoms with van der Waals surface area (Å²) in [6, 6.07) is 15.2. The lowest BCUT2D eigenvalue weighted by Gasteiger charge is -2.25. The molecule has 2 aromatic carbocycles. The van der Waals surface area contributed by atoms with E-state index in [1.807, 2.05) is 62.4 Å². The smallest absolute Gasteiger partial charge is 0.244 e. The van der Waals surface area contributed by atoms with E-state index in [9.17, 15) is 14.4 Å². The zero-order chi connectivity index (χ0) is 23.6. The lowest BCUT2D eigenvalue weighted by molar-refractivity contribution is -0.136. The molecule has 1 saturated heterocycles. The van der Waals surface area contributed by atoms with Crippen LogP contribution in [0.25, 0.3) is 0 Å². The summed E-state index contributed by atoms with van der Waals surface area (Å²) >= 11 is 0. The number of aryl methyl sites for hydroxylation is 1.